The van der Waals surface area contributed by atoms with Crippen molar-refractivity contribution in [1.82, 2.24) is 9.47 Å². The van der Waals surface area contributed by atoms with Gasteiger partial charge < -0.3 is 14.4 Å². The summed E-state index contributed by atoms with van der Waals surface area (Å²) >= 11 is 0. The fourth-order valence-electron chi connectivity index (χ4n) is 5.37. The van der Waals surface area contributed by atoms with Gasteiger partial charge in [-0.25, -0.2) is 0 Å². The number of rotatable bonds is 5. The van der Waals surface area contributed by atoms with Crippen molar-refractivity contribution in [3.05, 3.63) is 88.7 Å². The van der Waals surface area contributed by atoms with E-state index in [-0.39, 0.29) is 11.8 Å². The third-order valence-electron chi connectivity index (χ3n) is 7.58. The van der Waals surface area contributed by atoms with Crippen LogP contribution < -0.4 is 4.90 Å². The molecule has 0 radical (unpaired) electrons. The first kappa shape index (κ1) is 27.7. The maximum absolute atomic E-state index is 13.8. The van der Waals surface area contributed by atoms with E-state index in [4.69, 9.17) is 0 Å². The number of carbonyl (C=O) groups excluding carboxylic acids is 2. The Morgan fingerprint density at radius 2 is 1.42 bits per heavy atom. The van der Waals surface area contributed by atoms with Gasteiger partial charge in [0.2, 0.25) is 5.91 Å². The highest BCUT2D eigenvalue weighted by Crippen LogP contribution is 2.26. The Balaban J connectivity index is 1.57. The number of hydrogen-bond acceptors (Lipinski definition) is 2. The molecule has 1 aliphatic rings. The lowest BCUT2D eigenvalue weighted by Crippen LogP contribution is -2.36. The van der Waals surface area contributed by atoms with Gasteiger partial charge in [0.05, 0.1) is 0 Å². The minimum absolute atomic E-state index is 0.0526. The van der Waals surface area contributed by atoms with Gasteiger partial charge in [-0.1, -0.05) is 63.4 Å². The molecule has 0 N–H and O–H groups in total. The zero-order chi connectivity index (χ0) is 27.1. The molecule has 0 saturated carbocycles. The number of benzene rings is 2. The number of nitrogens with zero attached hydrogens (tertiary/aromatic N) is 3. The fraction of sp³-hybridized carbons (Fsp3) is 0.455. The minimum Gasteiger partial charge on any atom is -0.345 e. The molecule has 0 spiro atoms. The number of anilines is 1. The third-order valence-corrected chi connectivity index (χ3v) is 7.58. The van der Waals surface area contributed by atoms with Crippen LogP contribution in [0.2, 0.25) is 0 Å². The molecule has 0 unspecified atom stereocenters. The molecular weight excluding hydrogens is 470 g/mol. The van der Waals surface area contributed by atoms with Crippen molar-refractivity contribution in [2.45, 2.75) is 79.3 Å². The molecule has 0 bridgehead atoms. The van der Waals surface area contributed by atoms with Gasteiger partial charge in [0.1, 0.15) is 0 Å². The van der Waals surface area contributed by atoms with Crippen LogP contribution in [0.25, 0.3) is 0 Å². The number of aryl methyl sites for hydroxylation is 2. The molecule has 5 nitrogen and oxygen atoms in total. The third kappa shape index (κ3) is 6.94. The van der Waals surface area contributed by atoms with E-state index in [0.717, 1.165) is 63.0 Å². The monoisotopic (exact) mass is 513 g/mol. The zero-order valence-corrected chi connectivity index (χ0v) is 23.6. The van der Waals surface area contributed by atoms with Crippen LogP contribution in [0.15, 0.2) is 60.7 Å². The number of para-hydroxylation sites is 1. The van der Waals surface area contributed by atoms with Crippen molar-refractivity contribution in [2.24, 2.45) is 5.92 Å². The first-order valence-electron chi connectivity index (χ1n) is 14.2. The van der Waals surface area contributed by atoms with Crippen LogP contribution in [0.4, 0.5) is 5.69 Å². The lowest BCUT2D eigenvalue weighted by molar-refractivity contribution is -0.119. The van der Waals surface area contributed by atoms with Gasteiger partial charge in [-0.3, -0.25) is 9.59 Å². The highest BCUT2D eigenvalue weighted by atomic mass is 16.2. The Morgan fingerprint density at radius 3 is 2.11 bits per heavy atom. The molecule has 0 atom stereocenters. The molecule has 0 fully saturated rings. The average molecular weight is 514 g/mol. The summed E-state index contributed by atoms with van der Waals surface area (Å²) in [6, 6.07) is 20.5. The molecule has 38 heavy (non-hydrogen) atoms. The molecule has 1 aromatic heterocycles. The lowest BCUT2D eigenvalue weighted by atomic mass is 10.0. The Kier molecular flexibility index (Phi) is 9.43. The average Bonchev–Trinajstić information content (AvgIpc) is 3.21. The zero-order valence-electron chi connectivity index (χ0n) is 23.6. The summed E-state index contributed by atoms with van der Waals surface area (Å²) in [6.07, 6.45) is 5.86. The second kappa shape index (κ2) is 12.9. The van der Waals surface area contributed by atoms with Crippen LogP contribution in [0, 0.1) is 19.8 Å². The second-order valence-corrected chi connectivity index (χ2v) is 11.2. The van der Waals surface area contributed by atoms with Gasteiger partial charge in [-0.15, -0.1) is 0 Å². The summed E-state index contributed by atoms with van der Waals surface area (Å²) in [6.45, 7) is 11.2. The van der Waals surface area contributed by atoms with E-state index in [1.54, 1.807) is 0 Å². The molecule has 202 valence electrons. The SMILES string of the molecule is Cc1ccc(C)n1Cc1ccc(C(=O)N2CCCCCCCN(C(=O)CC(C)C)c3ccccc3C2)cc1. The van der Waals surface area contributed by atoms with E-state index in [2.05, 4.69) is 62.6 Å². The standard InChI is InChI=1S/C33H43N3O2/c1-25(2)22-32(37)35-21-11-7-5-6-10-20-34(24-30-12-8-9-13-31(30)35)33(38)29-18-16-28(17-19-29)23-36-26(3)14-15-27(36)4/h8-9,12-19,25H,5-7,10-11,20-24H2,1-4H3. The molecule has 1 aliphatic heterocycles. The van der Waals surface area contributed by atoms with Crippen molar-refractivity contribution in [3.63, 3.8) is 0 Å². The van der Waals surface area contributed by atoms with Gasteiger partial charge in [-0.2, -0.15) is 0 Å². The van der Waals surface area contributed by atoms with Gasteiger partial charge in [0.15, 0.2) is 0 Å². The normalized spacial score (nSPS) is 15.1. The Hall–Kier alpha value is -3.34. The first-order chi connectivity index (χ1) is 18.3. The fourth-order valence-corrected chi connectivity index (χ4v) is 5.37. The maximum Gasteiger partial charge on any atom is 0.254 e. The number of amides is 2. The van der Waals surface area contributed by atoms with Crippen LogP contribution in [0.5, 0.6) is 0 Å². The number of carbonyl (C=O) groups is 2. The van der Waals surface area contributed by atoms with Gasteiger partial charge in [0, 0.05) is 55.2 Å². The van der Waals surface area contributed by atoms with E-state index in [1.165, 1.54) is 17.0 Å². The van der Waals surface area contributed by atoms with Crippen LogP contribution in [-0.4, -0.2) is 34.4 Å². The van der Waals surface area contributed by atoms with E-state index < -0.39 is 0 Å². The largest absolute Gasteiger partial charge is 0.345 e. The van der Waals surface area contributed by atoms with Gasteiger partial charge in [0.25, 0.3) is 5.91 Å². The van der Waals surface area contributed by atoms with E-state index in [1.807, 2.05) is 40.1 Å². The predicted octanol–water partition coefficient (Wildman–Crippen LogP) is 7.14. The Morgan fingerprint density at radius 1 is 0.789 bits per heavy atom. The van der Waals surface area contributed by atoms with Crippen molar-refractivity contribution in [1.29, 1.82) is 0 Å². The molecule has 0 saturated heterocycles. The van der Waals surface area contributed by atoms with Crippen LogP contribution >= 0.6 is 0 Å². The Bertz CT molecular complexity index is 1210. The second-order valence-electron chi connectivity index (χ2n) is 11.2. The quantitative estimate of drug-likeness (QED) is 0.364. The summed E-state index contributed by atoms with van der Waals surface area (Å²) < 4.78 is 2.29. The van der Waals surface area contributed by atoms with Gasteiger partial charge >= 0.3 is 0 Å². The Labute approximate surface area is 228 Å². The molecule has 2 heterocycles. The van der Waals surface area contributed by atoms with Crippen molar-refractivity contribution in [2.75, 3.05) is 18.0 Å². The van der Waals surface area contributed by atoms with E-state index >= 15 is 0 Å². The molecule has 0 aliphatic carbocycles. The summed E-state index contributed by atoms with van der Waals surface area (Å²) in [5.41, 5.74) is 6.36. The molecule has 2 amide bonds. The predicted molar refractivity (Wildman–Crippen MR) is 156 cm³/mol. The first-order valence-corrected chi connectivity index (χ1v) is 14.2. The van der Waals surface area contributed by atoms with E-state index in [9.17, 15) is 9.59 Å². The smallest absolute Gasteiger partial charge is 0.254 e. The van der Waals surface area contributed by atoms with Gasteiger partial charge in [-0.05, 0) is 74.1 Å². The minimum atomic E-state index is 0.0526. The van der Waals surface area contributed by atoms with Crippen molar-refractivity contribution < 1.29 is 9.59 Å². The summed E-state index contributed by atoms with van der Waals surface area (Å²) in [7, 11) is 0. The van der Waals surface area contributed by atoms with Crippen molar-refractivity contribution in [3.8, 4) is 0 Å². The number of fused-ring (bicyclic) bond motifs is 1. The van der Waals surface area contributed by atoms with Crippen molar-refractivity contribution >= 4 is 17.5 Å². The van der Waals surface area contributed by atoms with Crippen LogP contribution in [-0.2, 0) is 17.9 Å². The highest BCUT2D eigenvalue weighted by Gasteiger charge is 2.23. The summed E-state index contributed by atoms with van der Waals surface area (Å²) in [5.74, 6) is 0.533. The number of hydrogen-bond donors (Lipinski definition) is 0. The molecular formula is C33H43N3O2. The molecule has 4 rings (SSSR count). The van der Waals surface area contributed by atoms with Crippen LogP contribution in [0.3, 0.4) is 0 Å². The maximum atomic E-state index is 13.8. The topological polar surface area (TPSA) is 45.6 Å². The van der Waals surface area contributed by atoms with Crippen LogP contribution in [0.1, 0.15) is 85.2 Å². The highest BCUT2D eigenvalue weighted by molar-refractivity contribution is 5.95. The molecule has 3 aromatic rings. The summed E-state index contributed by atoms with van der Waals surface area (Å²) in [4.78, 5) is 31.0. The number of aromatic nitrogens is 1. The van der Waals surface area contributed by atoms with E-state index in [0.29, 0.717) is 24.4 Å². The molecule has 2 aromatic carbocycles. The lowest BCUT2D eigenvalue weighted by Gasteiger charge is -2.30. The molecule has 5 heteroatoms. The summed E-state index contributed by atoms with van der Waals surface area (Å²) in [5, 5.41) is 0.